The highest BCUT2D eigenvalue weighted by atomic mass is 16.5. The Morgan fingerprint density at radius 2 is 2.17 bits per heavy atom. The van der Waals surface area contributed by atoms with Gasteiger partial charge in [0.2, 0.25) is 0 Å². The van der Waals surface area contributed by atoms with E-state index in [-0.39, 0.29) is 6.03 Å². The maximum atomic E-state index is 11.8. The fourth-order valence-electron chi connectivity index (χ4n) is 2.42. The van der Waals surface area contributed by atoms with Gasteiger partial charge in [0.25, 0.3) is 0 Å². The maximum Gasteiger partial charge on any atom is 0.319 e. The molecular weight excluding hydrogens is 292 g/mol. The van der Waals surface area contributed by atoms with Gasteiger partial charge in [0, 0.05) is 25.4 Å². The number of amides is 2. The van der Waals surface area contributed by atoms with E-state index in [4.69, 9.17) is 9.47 Å². The highest BCUT2D eigenvalue weighted by Crippen LogP contribution is 2.18. The summed E-state index contributed by atoms with van der Waals surface area (Å²) >= 11 is 0. The summed E-state index contributed by atoms with van der Waals surface area (Å²) in [7, 11) is 0. The lowest BCUT2D eigenvalue weighted by molar-refractivity contribution is 0.184. The molecule has 0 aromatic heterocycles. The average molecular weight is 318 g/mol. The van der Waals surface area contributed by atoms with E-state index in [9.17, 15) is 4.79 Å². The van der Waals surface area contributed by atoms with Gasteiger partial charge in [-0.3, -0.25) is 0 Å². The van der Waals surface area contributed by atoms with Crippen LogP contribution in [-0.2, 0) is 4.74 Å². The van der Waals surface area contributed by atoms with Gasteiger partial charge in [-0.1, -0.05) is 6.58 Å². The number of urea groups is 1. The first-order valence-corrected chi connectivity index (χ1v) is 8.13. The number of anilines is 1. The van der Waals surface area contributed by atoms with Crippen LogP contribution < -0.4 is 15.4 Å². The van der Waals surface area contributed by atoms with Crippen molar-refractivity contribution in [2.24, 2.45) is 5.92 Å². The van der Waals surface area contributed by atoms with E-state index >= 15 is 0 Å². The molecule has 2 rings (SSSR count). The van der Waals surface area contributed by atoms with Crippen LogP contribution in [0, 0.1) is 5.92 Å². The van der Waals surface area contributed by atoms with E-state index in [1.54, 1.807) is 0 Å². The lowest BCUT2D eigenvalue weighted by atomic mass is 10.0. The van der Waals surface area contributed by atoms with Crippen LogP contribution in [-0.4, -0.2) is 32.4 Å². The first kappa shape index (κ1) is 17.3. The molecule has 1 atom stereocenters. The Labute approximate surface area is 138 Å². The van der Waals surface area contributed by atoms with Gasteiger partial charge in [0.05, 0.1) is 0 Å². The first-order valence-electron chi connectivity index (χ1n) is 8.13. The van der Waals surface area contributed by atoms with Crippen LogP contribution in [0.3, 0.4) is 0 Å². The normalized spacial score (nSPS) is 16.8. The minimum atomic E-state index is -0.178. The quantitative estimate of drug-likeness (QED) is 0.569. The lowest BCUT2D eigenvalue weighted by Gasteiger charge is -2.10. The van der Waals surface area contributed by atoms with Crippen LogP contribution >= 0.6 is 0 Å². The van der Waals surface area contributed by atoms with Gasteiger partial charge < -0.3 is 20.1 Å². The monoisotopic (exact) mass is 318 g/mol. The Morgan fingerprint density at radius 1 is 1.39 bits per heavy atom. The van der Waals surface area contributed by atoms with Crippen LogP contribution in [0.1, 0.15) is 26.2 Å². The smallest absolute Gasteiger partial charge is 0.319 e. The Morgan fingerprint density at radius 3 is 2.83 bits per heavy atom. The topological polar surface area (TPSA) is 59.6 Å². The van der Waals surface area contributed by atoms with Crippen molar-refractivity contribution in [1.29, 1.82) is 0 Å². The molecule has 0 saturated carbocycles. The molecule has 0 aliphatic carbocycles. The van der Waals surface area contributed by atoms with E-state index in [0.717, 1.165) is 49.5 Å². The van der Waals surface area contributed by atoms with Gasteiger partial charge in [0.1, 0.15) is 12.4 Å². The second-order valence-electron chi connectivity index (χ2n) is 6.02. The molecule has 1 aromatic carbocycles. The highest BCUT2D eigenvalue weighted by Gasteiger charge is 2.14. The molecule has 5 nitrogen and oxygen atoms in total. The summed E-state index contributed by atoms with van der Waals surface area (Å²) in [5.41, 5.74) is 1.71. The number of carbonyl (C=O) groups is 1. The Bertz CT molecular complexity index is 508. The molecule has 1 aromatic rings. The number of carbonyl (C=O) groups excluding carboxylic acids is 1. The number of ether oxygens (including phenoxy) is 2. The Balaban J connectivity index is 1.63. The molecule has 1 aliphatic rings. The largest absolute Gasteiger partial charge is 0.489 e. The molecular formula is C18H26N2O3. The molecule has 1 aliphatic heterocycles. The number of nitrogens with one attached hydrogen (secondary N) is 2. The summed E-state index contributed by atoms with van der Waals surface area (Å²) < 4.78 is 10.9. The summed E-state index contributed by atoms with van der Waals surface area (Å²) in [6.07, 6.45) is 3.23. The number of hydrogen-bond acceptors (Lipinski definition) is 3. The zero-order chi connectivity index (χ0) is 16.5. The molecule has 2 N–H and O–H groups in total. The van der Waals surface area contributed by atoms with E-state index in [1.165, 1.54) is 0 Å². The summed E-state index contributed by atoms with van der Waals surface area (Å²) in [5, 5.41) is 5.69. The number of rotatable bonds is 8. The second kappa shape index (κ2) is 9.20. The van der Waals surface area contributed by atoms with Crippen LogP contribution in [0.5, 0.6) is 5.75 Å². The average Bonchev–Trinajstić information content (AvgIpc) is 3.04. The molecule has 126 valence electrons. The molecule has 1 fully saturated rings. The van der Waals surface area contributed by atoms with Crippen molar-refractivity contribution in [3.05, 3.63) is 36.4 Å². The third-order valence-electron chi connectivity index (χ3n) is 3.70. The van der Waals surface area contributed by atoms with Gasteiger partial charge in [-0.25, -0.2) is 4.79 Å². The highest BCUT2D eigenvalue weighted by molar-refractivity contribution is 5.89. The van der Waals surface area contributed by atoms with Crippen molar-refractivity contribution in [3.63, 3.8) is 0 Å². The summed E-state index contributed by atoms with van der Waals surface area (Å²) in [6, 6.07) is 7.13. The predicted octanol–water partition coefficient (Wildman–Crippen LogP) is 3.58. The van der Waals surface area contributed by atoms with E-state index in [2.05, 4.69) is 17.2 Å². The minimum Gasteiger partial charge on any atom is -0.489 e. The van der Waals surface area contributed by atoms with Gasteiger partial charge in [-0.15, -0.1) is 0 Å². The summed E-state index contributed by atoms with van der Waals surface area (Å²) in [4.78, 5) is 11.8. The van der Waals surface area contributed by atoms with Gasteiger partial charge in [0.15, 0.2) is 0 Å². The SMILES string of the molecule is C=C(C)COc1ccc(NC(=O)NCCC[C@@H]2CCOC2)cc1. The van der Waals surface area contributed by atoms with Crippen molar-refractivity contribution in [2.45, 2.75) is 26.2 Å². The standard InChI is InChI=1S/C18H26N2O3/c1-14(2)12-23-17-7-5-16(6-8-17)20-18(21)19-10-3-4-15-9-11-22-13-15/h5-8,15H,1,3-4,9-13H2,2H3,(H2,19,20,21)/t15-/m1/s1. The molecule has 5 heteroatoms. The molecule has 0 bridgehead atoms. The van der Waals surface area contributed by atoms with Crippen LogP contribution in [0.15, 0.2) is 36.4 Å². The van der Waals surface area contributed by atoms with Crippen molar-refractivity contribution in [1.82, 2.24) is 5.32 Å². The molecule has 1 saturated heterocycles. The summed E-state index contributed by atoms with van der Waals surface area (Å²) in [6.45, 7) is 8.64. The minimum absolute atomic E-state index is 0.178. The maximum absolute atomic E-state index is 11.8. The molecule has 1 heterocycles. The second-order valence-corrected chi connectivity index (χ2v) is 6.02. The van der Waals surface area contributed by atoms with Gasteiger partial charge in [-0.2, -0.15) is 0 Å². The lowest BCUT2D eigenvalue weighted by Crippen LogP contribution is -2.29. The van der Waals surface area contributed by atoms with Crippen LogP contribution in [0.4, 0.5) is 10.5 Å². The molecule has 2 amide bonds. The fraction of sp³-hybridized carbons (Fsp3) is 0.500. The van der Waals surface area contributed by atoms with Crippen molar-refractivity contribution >= 4 is 11.7 Å². The van der Waals surface area contributed by atoms with Gasteiger partial charge >= 0.3 is 6.03 Å². The van der Waals surface area contributed by atoms with Crippen LogP contribution in [0.2, 0.25) is 0 Å². The third kappa shape index (κ3) is 6.74. The third-order valence-corrected chi connectivity index (χ3v) is 3.70. The van der Waals surface area contributed by atoms with E-state index in [0.29, 0.717) is 19.1 Å². The zero-order valence-electron chi connectivity index (χ0n) is 13.8. The Kier molecular flexibility index (Phi) is 6.94. The molecule has 0 spiro atoms. The summed E-state index contributed by atoms with van der Waals surface area (Å²) in [5.74, 6) is 1.42. The van der Waals surface area contributed by atoms with Crippen molar-refractivity contribution in [2.75, 3.05) is 31.7 Å². The van der Waals surface area contributed by atoms with Crippen molar-refractivity contribution < 1.29 is 14.3 Å². The Hall–Kier alpha value is -2.01. The molecule has 23 heavy (non-hydrogen) atoms. The fourth-order valence-corrected chi connectivity index (χ4v) is 2.42. The molecule has 0 unspecified atom stereocenters. The van der Waals surface area contributed by atoms with E-state index in [1.807, 2.05) is 31.2 Å². The first-order chi connectivity index (χ1) is 11.1. The zero-order valence-corrected chi connectivity index (χ0v) is 13.8. The molecule has 0 radical (unpaired) electrons. The van der Waals surface area contributed by atoms with Crippen LogP contribution in [0.25, 0.3) is 0 Å². The predicted molar refractivity (Wildman–Crippen MR) is 91.9 cm³/mol. The van der Waals surface area contributed by atoms with Gasteiger partial charge in [-0.05, 0) is 61.9 Å². The number of hydrogen-bond donors (Lipinski definition) is 2. The van der Waals surface area contributed by atoms with Crippen molar-refractivity contribution in [3.8, 4) is 5.75 Å². The number of benzene rings is 1. The van der Waals surface area contributed by atoms with E-state index < -0.39 is 0 Å².